The van der Waals surface area contributed by atoms with E-state index < -0.39 is 0 Å². The minimum atomic E-state index is -0.154. The molecule has 0 fully saturated rings. The first-order valence-corrected chi connectivity index (χ1v) is 10.5. The van der Waals surface area contributed by atoms with Crippen molar-refractivity contribution in [2.45, 2.75) is 32.1 Å². The zero-order chi connectivity index (χ0) is 20.9. The number of anilines is 1. The Balaban J connectivity index is 1.51. The van der Waals surface area contributed by atoms with Gasteiger partial charge in [0, 0.05) is 19.2 Å². The summed E-state index contributed by atoms with van der Waals surface area (Å²) in [6.07, 6.45) is 2.39. The van der Waals surface area contributed by atoms with E-state index in [2.05, 4.69) is 36.0 Å². The van der Waals surface area contributed by atoms with Gasteiger partial charge >= 0.3 is 0 Å². The van der Waals surface area contributed by atoms with E-state index in [0.717, 1.165) is 52.9 Å². The zero-order valence-electron chi connectivity index (χ0n) is 17.5. The highest BCUT2D eigenvalue weighted by atomic mass is 16.1. The number of nitrogens with zero attached hydrogens (tertiary/aromatic N) is 2. The summed E-state index contributed by atoms with van der Waals surface area (Å²) in [6.45, 7) is 2.05. The molecule has 1 amide bonds. The number of aromatic nitrogens is 2. The number of carbonyl (C=O) groups is 1. The maximum atomic E-state index is 13.0. The van der Waals surface area contributed by atoms with Gasteiger partial charge in [0.15, 0.2) is 0 Å². The third kappa shape index (κ3) is 4.13. The predicted molar refractivity (Wildman–Crippen MR) is 123 cm³/mol. The van der Waals surface area contributed by atoms with Gasteiger partial charge in [-0.1, -0.05) is 67.6 Å². The average molecular weight is 398 g/mol. The Morgan fingerprint density at radius 1 is 0.933 bits per heavy atom. The van der Waals surface area contributed by atoms with E-state index in [4.69, 9.17) is 4.98 Å². The second kappa shape index (κ2) is 8.95. The lowest BCUT2D eigenvalue weighted by molar-refractivity contribution is -0.117. The molecule has 3 aromatic carbocycles. The monoisotopic (exact) mass is 397 g/mol. The molecule has 1 aromatic heterocycles. The van der Waals surface area contributed by atoms with Gasteiger partial charge in [-0.25, -0.2) is 4.98 Å². The SMILES string of the molecule is CCC(C(=O)Nc1ccccc1CCc1nc2ccccc2n1C)c1ccccc1. The molecule has 0 saturated heterocycles. The molecule has 0 spiro atoms. The molecule has 1 N–H and O–H groups in total. The van der Waals surface area contributed by atoms with Crippen LogP contribution in [0.2, 0.25) is 0 Å². The number of carbonyl (C=O) groups excluding carboxylic acids is 1. The van der Waals surface area contributed by atoms with Crippen LogP contribution < -0.4 is 5.32 Å². The number of benzene rings is 3. The minimum absolute atomic E-state index is 0.0406. The molecule has 1 atom stereocenters. The highest BCUT2D eigenvalue weighted by Gasteiger charge is 2.19. The van der Waals surface area contributed by atoms with Gasteiger partial charge in [-0.05, 0) is 42.2 Å². The van der Waals surface area contributed by atoms with E-state index in [9.17, 15) is 4.79 Å². The third-order valence-electron chi connectivity index (χ3n) is 5.70. The number of amides is 1. The lowest BCUT2D eigenvalue weighted by Crippen LogP contribution is -2.21. The fourth-order valence-corrected chi connectivity index (χ4v) is 4.00. The molecule has 0 aliphatic carbocycles. The summed E-state index contributed by atoms with van der Waals surface area (Å²) >= 11 is 0. The molecule has 0 aliphatic heterocycles. The lowest BCUT2D eigenvalue weighted by atomic mass is 9.95. The maximum absolute atomic E-state index is 13.0. The first-order valence-electron chi connectivity index (χ1n) is 10.5. The van der Waals surface area contributed by atoms with Crippen molar-refractivity contribution < 1.29 is 4.79 Å². The van der Waals surface area contributed by atoms with Crippen LogP contribution in [0, 0.1) is 0 Å². The molecule has 0 radical (unpaired) electrons. The Kier molecular flexibility index (Phi) is 5.94. The number of hydrogen-bond acceptors (Lipinski definition) is 2. The fourth-order valence-electron chi connectivity index (χ4n) is 4.00. The zero-order valence-corrected chi connectivity index (χ0v) is 17.5. The van der Waals surface area contributed by atoms with Crippen molar-refractivity contribution in [3.63, 3.8) is 0 Å². The Bertz CT molecular complexity index is 1150. The molecule has 0 aliphatic rings. The van der Waals surface area contributed by atoms with Crippen molar-refractivity contribution >= 4 is 22.6 Å². The molecule has 0 bridgehead atoms. The van der Waals surface area contributed by atoms with Crippen molar-refractivity contribution in [3.8, 4) is 0 Å². The van der Waals surface area contributed by atoms with Crippen LogP contribution in [0.1, 0.15) is 36.2 Å². The molecule has 4 aromatic rings. The molecular formula is C26H27N3O. The van der Waals surface area contributed by atoms with Gasteiger partial charge in [-0.2, -0.15) is 0 Å². The molecule has 30 heavy (non-hydrogen) atoms. The number of aryl methyl sites for hydroxylation is 3. The molecule has 4 rings (SSSR count). The second-order valence-corrected chi connectivity index (χ2v) is 7.59. The lowest BCUT2D eigenvalue weighted by Gasteiger charge is -2.17. The Morgan fingerprint density at radius 3 is 2.40 bits per heavy atom. The molecule has 4 nitrogen and oxygen atoms in total. The van der Waals surface area contributed by atoms with Crippen LogP contribution in [0.15, 0.2) is 78.9 Å². The van der Waals surface area contributed by atoms with Crippen molar-refractivity contribution in [1.82, 2.24) is 9.55 Å². The van der Waals surface area contributed by atoms with Gasteiger partial charge in [0.1, 0.15) is 5.82 Å². The summed E-state index contributed by atoms with van der Waals surface area (Å²) in [5, 5.41) is 3.17. The van der Waals surface area contributed by atoms with Crippen molar-refractivity contribution in [3.05, 3.63) is 95.8 Å². The number of rotatable bonds is 7. The van der Waals surface area contributed by atoms with Crippen LogP contribution >= 0.6 is 0 Å². The molecule has 0 saturated carbocycles. The van der Waals surface area contributed by atoms with Gasteiger partial charge in [0.2, 0.25) is 5.91 Å². The molecule has 4 heteroatoms. The Hall–Kier alpha value is -3.40. The summed E-state index contributed by atoms with van der Waals surface area (Å²) in [5.74, 6) is 0.936. The number of para-hydroxylation sites is 3. The van der Waals surface area contributed by atoms with Crippen molar-refractivity contribution in [1.29, 1.82) is 0 Å². The van der Waals surface area contributed by atoms with E-state index in [0.29, 0.717) is 0 Å². The summed E-state index contributed by atoms with van der Waals surface area (Å²) < 4.78 is 2.15. The summed E-state index contributed by atoms with van der Waals surface area (Å²) in [6, 6.07) is 26.2. The topological polar surface area (TPSA) is 46.9 Å². The third-order valence-corrected chi connectivity index (χ3v) is 5.70. The first kappa shape index (κ1) is 19.9. The van der Waals surface area contributed by atoms with Crippen LogP contribution in [0.5, 0.6) is 0 Å². The molecule has 1 heterocycles. The van der Waals surface area contributed by atoms with Crippen LogP contribution in [0.25, 0.3) is 11.0 Å². The molecular weight excluding hydrogens is 370 g/mol. The van der Waals surface area contributed by atoms with Gasteiger partial charge in [-0.15, -0.1) is 0 Å². The van der Waals surface area contributed by atoms with Crippen LogP contribution in [-0.4, -0.2) is 15.5 Å². The highest BCUT2D eigenvalue weighted by Crippen LogP contribution is 2.24. The number of fused-ring (bicyclic) bond motifs is 1. The maximum Gasteiger partial charge on any atom is 0.231 e. The summed E-state index contributed by atoms with van der Waals surface area (Å²) in [4.78, 5) is 17.8. The molecule has 1 unspecified atom stereocenters. The first-order chi connectivity index (χ1) is 14.7. The largest absolute Gasteiger partial charge is 0.331 e. The standard InChI is InChI=1S/C26H27N3O/c1-3-21(19-11-5-4-6-12-19)26(30)28-22-14-8-7-13-20(22)17-18-25-27-23-15-9-10-16-24(23)29(25)2/h4-16,21H,3,17-18H2,1-2H3,(H,28,30). The average Bonchev–Trinajstić information content (AvgIpc) is 3.10. The molecule has 152 valence electrons. The second-order valence-electron chi connectivity index (χ2n) is 7.59. The normalized spacial score (nSPS) is 12.1. The smallest absolute Gasteiger partial charge is 0.231 e. The van der Waals surface area contributed by atoms with Gasteiger partial charge in [-0.3, -0.25) is 4.79 Å². The highest BCUT2D eigenvalue weighted by molar-refractivity contribution is 5.96. The van der Waals surface area contributed by atoms with E-state index in [1.165, 1.54) is 0 Å². The minimum Gasteiger partial charge on any atom is -0.331 e. The van der Waals surface area contributed by atoms with E-state index >= 15 is 0 Å². The van der Waals surface area contributed by atoms with E-state index in [1.54, 1.807) is 0 Å². The summed E-state index contributed by atoms with van der Waals surface area (Å²) in [7, 11) is 2.06. The Morgan fingerprint density at radius 2 is 1.63 bits per heavy atom. The van der Waals surface area contributed by atoms with Crippen molar-refractivity contribution in [2.75, 3.05) is 5.32 Å². The Labute approximate surface area is 177 Å². The van der Waals surface area contributed by atoms with Crippen LogP contribution in [-0.2, 0) is 24.7 Å². The quantitative estimate of drug-likeness (QED) is 0.448. The number of imidazole rings is 1. The predicted octanol–water partition coefficient (Wildman–Crippen LogP) is 5.49. The van der Waals surface area contributed by atoms with Crippen LogP contribution in [0.4, 0.5) is 5.69 Å². The van der Waals surface area contributed by atoms with Gasteiger partial charge < -0.3 is 9.88 Å². The van der Waals surface area contributed by atoms with Gasteiger partial charge in [0.25, 0.3) is 0 Å². The van der Waals surface area contributed by atoms with E-state index in [1.807, 2.05) is 66.7 Å². The van der Waals surface area contributed by atoms with E-state index in [-0.39, 0.29) is 11.8 Å². The fraction of sp³-hybridized carbons (Fsp3) is 0.231. The van der Waals surface area contributed by atoms with Gasteiger partial charge in [0.05, 0.1) is 17.0 Å². The summed E-state index contributed by atoms with van der Waals surface area (Å²) in [5.41, 5.74) is 5.22. The number of nitrogens with one attached hydrogen (secondary N) is 1. The number of hydrogen-bond donors (Lipinski definition) is 1. The van der Waals surface area contributed by atoms with Crippen molar-refractivity contribution in [2.24, 2.45) is 7.05 Å². The van der Waals surface area contributed by atoms with Crippen LogP contribution in [0.3, 0.4) is 0 Å².